The summed E-state index contributed by atoms with van der Waals surface area (Å²) < 4.78 is 0. The Bertz CT molecular complexity index is 793. The molecule has 2 heterocycles. The Labute approximate surface area is 157 Å². The Hall–Kier alpha value is -2.60. The third-order valence-corrected chi connectivity index (χ3v) is 4.99. The molecule has 2 amide bonds. The van der Waals surface area contributed by atoms with Gasteiger partial charge >= 0.3 is 0 Å². The van der Waals surface area contributed by atoms with Crippen LogP contribution in [0.4, 0.5) is 0 Å². The number of piperidine rings is 1. The van der Waals surface area contributed by atoms with E-state index >= 15 is 0 Å². The van der Waals surface area contributed by atoms with E-state index in [4.69, 9.17) is 0 Å². The Morgan fingerprint density at radius 2 is 2.12 bits per heavy atom. The van der Waals surface area contributed by atoms with Crippen molar-refractivity contribution in [3.8, 4) is 0 Å². The number of thioether (sulfide) groups is 1. The van der Waals surface area contributed by atoms with Gasteiger partial charge in [0.15, 0.2) is 0 Å². The summed E-state index contributed by atoms with van der Waals surface area (Å²) >= 11 is 1.50. The number of hydrogen-bond donors (Lipinski definition) is 2. The lowest BCUT2D eigenvalue weighted by Gasteiger charge is -2.23. The molecule has 1 saturated heterocycles. The van der Waals surface area contributed by atoms with E-state index in [2.05, 4.69) is 15.6 Å². The maximum Gasteiger partial charge on any atom is 0.254 e. The largest absolute Gasteiger partial charge is 0.354 e. The molecule has 2 aromatic rings. The SMILES string of the molecule is O=C(N[C@H]1CCCNC1=O)c1cccnc1SC/C=C/c1ccccc1. The summed E-state index contributed by atoms with van der Waals surface area (Å²) in [6, 6.07) is 13.1. The average Bonchev–Trinajstić information content (AvgIpc) is 2.68. The van der Waals surface area contributed by atoms with Gasteiger partial charge in [0.1, 0.15) is 11.1 Å². The van der Waals surface area contributed by atoms with Crippen molar-refractivity contribution in [3.63, 3.8) is 0 Å². The Balaban J connectivity index is 1.61. The van der Waals surface area contributed by atoms with Crippen LogP contribution in [-0.2, 0) is 4.79 Å². The highest BCUT2D eigenvalue weighted by Crippen LogP contribution is 2.21. The fraction of sp³-hybridized carbons (Fsp3) is 0.250. The standard InChI is InChI=1S/C20H21N3O2S/c24-18(23-17-11-5-12-21-19(17)25)16-10-4-13-22-20(16)26-14-6-9-15-7-2-1-3-8-15/h1-4,6-10,13,17H,5,11-12,14H2,(H,21,25)(H,23,24)/b9-6+/t17-/m0/s1. The van der Waals surface area contributed by atoms with Crippen LogP contribution in [0, 0.1) is 0 Å². The van der Waals surface area contributed by atoms with Crippen molar-refractivity contribution in [2.75, 3.05) is 12.3 Å². The molecule has 0 bridgehead atoms. The molecule has 0 spiro atoms. The number of carbonyl (C=O) groups is 2. The predicted octanol–water partition coefficient (Wildman–Crippen LogP) is 2.90. The normalized spacial score (nSPS) is 17.1. The minimum atomic E-state index is -0.465. The van der Waals surface area contributed by atoms with Crippen LogP contribution in [0.2, 0.25) is 0 Å². The quantitative estimate of drug-likeness (QED) is 0.770. The van der Waals surface area contributed by atoms with Gasteiger partial charge in [0.25, 0.3) is 5.91 Å². The van der Waals surface area contributed by atoms with Crippen molar-refractivity contribution in [2.24, 2.45) is 0 Å². The summed E-state index contributed by atoms with van der Waals surface area (Å²) in [6.45, 7) is 0.674. The lowest BCUT2D eigenvalue weighted by molar-refractivity contribution is -0.124. The second-order valence-corrected chi connectivity index (χ2v) is 6.95. The minimum Gasteiger partial charge on any atom is -0.354 e. The van der Waals surface area contributed by atoms with Gasteiger partial charge in [-0.1, -0.05) is 42.5 Å². The van der Waals surface area contributed by atoms with Crippen molar-refractivity contribution in [1.29, 1.82) is 0 Å². The molecule has 1 fully saturated rings. The Kier molecular flexibility index (Phi) is 6.44. The van der Waals surface area contributed by atoms with Crippen LogP contribution < -0.4 is 10.6 Å². The molecule has 2 N–H and O–H groups in total. The third kappa shape index (κ3) is 4.95. The van der Waals surface area contributed by atoms with E-state index in [0.717, 1.165) is 12.0 Å². The molecule has 1 aliphatic heterocycles. The van der Waals surface area contributed by atoms with Gasteiger partial charge in [0.05, 0.1) is 5.56 Å². The lowest BCUT2D eigenvalue weighted by atomic mass is 10.1. The van der Waals surface area contributed by atoms with E-state index in [0.29, 0.717) is 29.3 Å². The molecule has 1 atom stereocenters. The van der Waals surface area contributed by atoms with Gasteiger partial charge in [0, 0.05) is 18.5 Å². The first-order chi connectivity index (χ1) is 12.7. The fourth-order valence-corrected chi connectivity index (χ4v) is 3.50. The van der Waals surface area contributed by atoms with Crippen LogP contribution in [0.15, 0.2) is 59.8 Å². The molecule has 0 unspecified atom stereocenters. The monoisotopic (exact) mass is 367 g/mol. The number of nitrogens with zero attached hydrogens (tertiary/aromatic N) is 1. The van der Waals surface area contributed by atoms with E-state index in [1.807, 2.05) is 42.5 Å². The van der Waals surface area contributed by atoms with Crippen LogP contribution in [0.25, 0.3) is 6.08 Å². The van der Waals surface area contributed by atoms with Crippen LogP contribution in [0.1, 0.15) is 28.8 Å². The van der Waals surface area contributed by atoms with Gasteiger partial charge in [-0.05, 0) is 30.5 Å². The van der Waals surface area contributed by atoms with Crippen LogP contribution in [0.3, 0.4) is 0 Å². The molecule has 1 aromatic heterocycles. The molecule has 0 saturated carbocycles. The van der Waals surface area contributed by atoms with Crippen molar-refractivity contribution < 1.29 is 9.59 Å². The molecule has 1 aliphatic rings. The number of amides is 2. The lowest BCUT2D eigenvalue weighted by Crippen LogP contribution is -2.50. The van der Waals surface area contributed by atoms with E-state index in [1.165, 1.54) is 11.8 Å². The molecule has 0 aliphatic carbocycles. The van der Waals surface area contributed by atoms with E-state index < -0.39 is 6.04 Å². The number of pyridine rings is 1. The summed E-state index contributed by atoms with van der Waals surface area (Å²) in [7, 11) is 0. The second-order valence-electron chi connectivity index (χ2n) is 5.94. The number of aromatic nitrogens is 1. The maximum atomic E-state index is 12.6. The molecule has 6 heteroatoms. The van der Waals surface area contributed by atoms with Crippen LogP contribution in [0.5, 0.6) is 0 Å². The second kappa shape index (κ2) is 9.20. The predicted molar refractivity (Wildman–Crippen MR) is 104 cm³/mol. The van der Waals surface area contributed by atoms with Crippen LogP contribution in [-0.4, -0.2) is 35.1 Å². The molecule has 134 valence electrons. The summed E-state index contributed by atoms with van der Waals surface area (Å²) in [5, 5.41) is 6.26. The summed E-state index contributed by atoms with van der Waals surface area (Å²) in [5.41, 5.74) is 1.64. The molecule has 5 nitrogen and oxygen atoms in total. The van der Waals surface area contributed by atoms with Crippen molar-refractivity contribution in [1.82, 2.24) is 15.6 Å². The highest BCUT2D eigenvalue weighted by atomic mass is 32.2. The van der Waals surface area contributed by atoms with Gasteiger partial charge in [0.2, 0.25) is 5.91 Å². The van der Waals surface area contributed by atoms with E-state index in [9.17, 15) is 9.59 Å². The van der Waals surface area contributed by atoms with Crippen molar-refractivity contribution in [3.05, 3.63) is 65.9 Å². The number of nitrogens with one attached hydrogen (secondary N) is 2. The van der Waals surface area contributed by atoms with Gasteiger partial charge in [-0.25, -0.2) is 4.98 Å². The fourth-order valence-electron chi connectivity index (χ4n) is 2.70. The smallest absolute Gasteiger partial charge is 0.254 e. The van der Waals surface area contributed by atoms with Crippen molar-refractivity contribution in [2.45, 2.75) is 23.9 Å². The molecule has 3 rings (SSSR count). The first-order valence-electron chi connectivity index (χ1n) is 8.62. The maximum absolute atomic E-state index is 12.6. The zero-order valence-electron chi connectivity index (χ0n) is 14.4. The minimum absolute atomic E-state index is 0.117. The average molecular weight is 367 g/mol. The van der Waals surface area contributed by atoms with E-state index in [-0.39, 0.29) is 11.8 Å². The number of benzene rings is 1. The van der Waals surface area contributed by atoms with Gasteiger partial charge in [-0.2, -0.15) is 0 Å². The zero-order chi connectivity index (χ0) is 18.2. The van der Waals surface area contributed by atoms with Gasteiger partial charge in [-0.3, -0.25) is 9.59 Å². The summed E-state index contributed by atoms with van der Waals surface area (Å²) in [6.07, 6.45) is 7.30. The third-order valence-electron chi connectivity index (χ3n) is 4.03. The molecular weight excluding hydrogens is 346 g/mol. The molecule has 0 radical (unpaired) electrons. The Morgan fingerprint density at radius 3 is 2.92 bits per heavy atom. The van der Waals surface area contributed by atoms with Gasteiger partial charge < -0.3 is 10.6 Å². The number of hydrogen-bond acceptors (Lipinski definition) is 4. The number of rotatable bonds is 6. The highest BCUT2D eigenvalue weighted by Gasteiger charge is 2.25. The first-order valence-corrected chi connectivity index (χ1v) is 9.60. The summed E-state index contributed by atoms with van der Waals surface area (Å²) in [5.74, 6) is 0.332. The molecular formula is C20H21N3O2S. The highest BCUT2D eigenvalue weighted by molar-refractivity contribution is 7.99. The first kappa shape index (κ1) is 18.2. The zero-order valence-corrected chi connectivity index (χ0v) is 15.2. The molecule has 1 aromatic carbocycles. The molecule has 26 heavy (non-hydrogen) atoms. The summed E-state index contributed by atoms with van der Waals surface area (Å²) in [4.78, 5) is 28.7. The van der Waals surface area contributed by atoms with Crippen LogP contribution >= 0.6 is 11.8 Å². The van der Waals surface area contributed by atoms with Gasteiger partial charge in [-0.15, -0.1) is 11.8 Å². The topological polar surface area (TPSA) is 71.1 Å². The van der Waals surface area contributed by atoms with Crippen molar-refractivity contribution >= 4 is 29.7 Å². The Morgan fingerprint density at radius 1 is 1.27 bits per heavy atom. The van der Waals surface area contributed by atoms with E-state index in [1.54, 1.807) is 18.3 Å². The number of carbonyl (C=O) groups excluding carboxylic acids is 2.